The molecule has 5 nitrogen and oxygen atoms in total. The molecule has 0 fully saturated rings. The van der Waals surface area contributed by atoms with E-state index in [1.54, 1.807) is 0 Å². The number of hydrogen-bond donors (Lipinski definition) is 0. The van der Waals surface area contributed by atoms with Crippen molar-refractivity contribution in [2.45, 2.75) is 0 Å². The fourth-order valence-electron chi connectivity index (χ4n) is 13.7. The van der Waals surface area contributed by atoms with Gasteiger partial charge >= 0.3 is 0 Å². The Labute approximate surface area is 481 Å². The molecule has 83 heavy (non-hydrogen) atoms. The van der Waals surface area contributed by atoms with Crippen molar-refractivity contribution in [3.05, 3.63) is 309 Å². The maximum Gasteiger partial charge on any atom is 0.0546 e. The number of rotatable bonds is 9. The summed E-state index contributed by atoms with van der Waals surface area (Å²) >= 11 is 0. The Hall–Kier alpha value is -11.1. The van der Waals surface area contributed by atoms with Gasteiger partial charge in [0.05, 0.1) is 39.1 Å². The van der Waals surface area contributed by atoms with E-state index in [0.717, 1.165) is 68.1 Å². The van der Waals surface area contributed by atoms with Crippen LogP contribution in [0.25, 0.3) is 99.5 Å². The first kappa shape index (κ1) is 46.7. The van der Waals surface area contributed by atoms with E-state index in [9.17, 15) is 0 Å². The van der Waals surface area contributed by atoms with Crippen LogP contribution in [0.3, 0.4) is 0 Å². The lowest BCUT2D eigenvalue weighted by atomic mass is 9.85. The van der Waals surface area contributed by atoms with Crippen LogP contribution in [0.1, 0.15) is 0 Å². The molecule has 2 aromatic heterocycles. The first-order chi connectivity index (χ1) is 41.2. The van der Waals surface area contributed by atoms with E-state index in [1.807, 2.05) is 0 Å². The van der Waals surface area contributed by atoms with Gasteiger partial charge in [-0.25, -0.2) is 0 Å². The minimum atomic E-state index is 1.07. The van der Waals surface area contributed by atoms with Gasteiger partial charge in [-0.3, -0.25) is 0 Å². The number of nitrogens with zero attached hydrogens (tertiary/aromatic N) is 5. The highest BCUT2D eigenvalue weighted by Gasteiger charge is 2.36. The minimum absolute atomic E-state index is 1.07. The summed E-state index contributed by atoms with van der Waals surface area (Å²) in [5.41, 5.74) is 26.2. The van der Waals surface area contributed by atoms with E-state index >= 15 is 0 Å². The second kappa shape index (κ2) is 18.7. The van der Waals surface area contributed by atoms with Crippen LogP contribution >= 0.6 is 0 Å². The summed E-state index contributed by atoms with van der Waals surface area (Å²) in [4.78, 5) is 7.43. The Morgan fingerprint density at radius 1 is 0.217 bits per heavy atom. The molecule has 1 aliphatic heterocycles. The molecular formula is C78H51N5. The van der Waals surface area contributed by atoms with Gasteiger partial charge in [0.1, 0.15) is 0 Å². The third-order valence-electron chi connectivity index (χ3n) is 17.1. The molecule has 0 atom stereocenters. The average Bonchev–Trinajstić information content (AvgIpc) is 2.19. The fourth-order valence-corrected chi connectivity index (χ4v) is 13.7. The SMILES string of the molecule is c1ccc(N(c2ccc3c(c2)-c2c4cccc2N(c2ccccc2)c2ccccc2-c2c-3ccc(N(c3ccccc3)c3ccc5c(c3)c3ccccc3n5-c3ccccc3)c2-4)c2ccc3c(c2)c2ccccc2n3-c2ccccc2)cc1. The Morgan fingerprint density at radius 2 is 0.663 bits per heavy atom. The van der Waals surface area contributed by atoms with Crippen LogP contribution in [0.4, 0.5) is 51.2 Å². The van der Waals surface area contributed by atoms with E-state index in [1.165, 1.54) is 82.6 Å². The summed E-state index contributed by atoms with van der Waals surface area (Å²) in [6, 6.07) is 114. The summed E-state index contributed by atoms with van der Waals surface area (Å²) < 4.78 is 4.79. The smallest absolute Gasteiger partial charge is 0.0546 e. The summed E-state index contributed by atoms with van der Waals surface area (Å²) in [5.74, 6) is 0. The van der Waals surface area contributed by atoms with Crippen LogP contribution in [-0.2, 0) is 0 Å². The predicted octanol–water partition coefficient (Wildman–Crippen LogP) is 21.6. The molecule has 3 heterocycles. The van der Waals surface area contributed by atoms with Gasteiger partial charge in [-0.05, 0) is 162 Å². The lowest BCUT2D eigenvalue weighted by Crippen LogP contribution is -2.16. The van der Waals surface area contributed by atoms with E-state index in [4.69, 9.17) is 0 Å². The van der Waals surface area contributed by atoms with Gasteiger partial charge in [-0.1, -0.05) is 170 Å². The molecule has 0 spiro atoms. The van der Waals surface area contributed by atoms with Crippen LogP contribution in [0.2, 0.25) is 0 Å². The van der Waals surface area contributed by atoms with Crippen molar-refractivity contribution in [2.24, 2.45) is 0 Å². The summed E-state index contributed by atoms with van der Waals surface area (Å²) in [7, 11) is 0. The molecule has 2 aliphatic rings. The summed E-state index contributed by atoms with van der Waals surface area (Å²) in [5, 5.41) is 4.82. The van der Waals surface area contributed by atoms with Gasteiger partial charge < -0.3 is 23.8 Å². The third-order valence-corrected chi connectivity index (χ3v) is 17.1. The number of anilines is 9. The van der Waals surface area contributed by atoms with Crippen molar-refractivity contribution in [2.75, 3.05) is 14.7 Å². The molecular weight excluding hydrogens is 1010 g/mol. The highest BCUT2D eigenvalue weighted by Crippen LogP contribution is 2.62. The number of benzene rings is 13. The van der Waals surface area contributed by atoms with Crippen LogP contribution in [-0.4, -0.2) is 9.13 Å². The van der Waals surface area contributed by atoms with Crippen molar-refractivity contribution in [3.63, 3.8) is 0 Å². The molecule has 0 N–H and O–H groups in total. The normalized spacial score (nSPS) is 12.1. The monoisotopic (exact) mass is 1060 g/mol. The predicted molar refractivity (Wildman–Crippen MR) is 348 cm³/mol. The number of fused-ring (bicyclic) bond motifs is 9. The van der Waals surface area contributed by atoms with Gasteiger partial charge in [0.2, 0.25) is 0 Å². The molecule has 0 saturated carbocycles. The zero-order chi connectivity index (χ0) is 54.5. The Kier molecular flexibility index (Phi) is 10.6. The van der Waals surface area contributed by atoms with Gasteiger partial charge in [-0.15, -0.1) is 0 Å². The maximum atomic E-state index is 2.50. The maximum absolute atomic E-state index is 2.50. The van der Waals surface area contributed by atoms with E-state index in [-0.39, 0.29) is 0 Å². The summed E-state index contributed by atoms with van der Waals surface area (Å²) in [6.07, 6.45) is 0. The Morgan fingerprint density at radius 3 is 1.28 bits per heavy atom. The second-order valence-corrected chi connectivity index (χ2v) is 21.6. The fraction of sp³-hybridized carbons (Fsp3) is 0. The van der Waals surface area contributed by atoms with Crippen molar-refractivity contribution in [1.82, 2.24) is 9.13 Å². The zero-order valence-electron chi connectivity index (χ0n) is 45.2. The molecule has 6 bridgehead atoms. The van der Waals surface area contributed by atoms with Gasteiger partial charge in [-0.2, -0.15) is 0 Å². The quantitative estimate of drug-likeness (QED) is 0.144. The van der Waals surface area contributed by atoms with Crippen molar-refractivity contribution < 1.29 is 0 Å². The Balaban J connectivity index is 0.930. The lowest BCUT2D eigenvalue weighted by molar-refractivity contribution is 1.18. The highest BCUT2D eigenvalue weighted by molar-refractivity contribution is 6.19. The molecule has 388 valence electrons. The highest BCUT2D eigenvalue weighted by atomic mass is 15.2. The topological polar surface area (TPSA) is 19.6 Å². The van der Waals surface area contributed by atoms with Gasteiger partial charge in [0, 0.05) is 89.3 Å². The standard InChI is InChI=1S/C78H51N5/c1-6-23-52(24-7-1)79(58-42-46-72-66(49-58)61-33-16-19-37-69(61)81(72)54-27-10-3-11-28-54)57-41-44-60-63-45-48-75(78-65-36-22-40-74(76(65)68(60)51-57)83(56-31-14-5-15-32-56)71-39-21-18-35-64(71)77(63)78)80(53-25-8-2-9-26-53)59-43-47-73-67(50-59)62-34-17-20-38-70(62)82(73)55-29-12-4-13-30-55/h1-51H. The number of para-hydroxylation sites is 8. The number of aromatic nitrogens is 2. The van der Waals surface area contributed by atoms with E-state index in [0.29, 0.717) is 0 Å². The van der Waals surface area contributed by atoms with Crippen LogP contribution in [0.5, 0.6) is 0 Å². The van der Waals surface area contributed by atoms with Crippen LogP contribution in [0.15, 0.2) is 309 Å². The van der Waals surface area contributed by atoms with Gasteiger partial charge in [0.15, 0.2) is 0 Å². The first-order valence-corrected chi connectivity index (χ1v) is 28.5. The average molecular weight is 1060 g/mol. The number of hydrogen-bond acceptors (Lipinski definition) is 3. The molecule has 15 aromatic rings. The first-order valence-electron chi connectivity index (χ1n) is 28.5. The van der Waals surface area contributed by atoms with Crippen LogP contribution < -0.4 is 14.7 Å². The zero-order valence-corrected chi connectivity index (χ0v) is 45.2. The molecule has 0 saturated heterocycles. The molecule has 17 rings (SSSR count). The molecule has 1 aliphatic carbocycles. The molecule has 5 heteroatoms. The van der Waals surface area contributed by atoms with Crippen LogP contribution in [0, 0.1) is 0 Å². The van der Waals surface area contributed by atoms with Crippen molar-refractivity contribution in [3.8, 4) is 55.9 Å². The van der Waals surface area contributed by atoms with Gasteiger partial charge in [0.25, 0.3) is 0 Å². The minimum Gasteiger partial charge on any atom is -0.310 e. The lowest BCUT2D eigenvalue weighted by Gasteiger charge is -2.35. The molecule has 0 radical (unpaired) electrons. The van der Waals surface area contributed by atoms with Crippen molar-refractivity contribution >= 4 is 94.8 Å². The molecule has 13 aromatic carbocycles. The molecule has 0 amide bonds. The third kappa shape index (κ3) is 7.21. The van der Waals surface area contributed by atoms with E-state index < -0.39 is 0 Å². The Bertz CT molecular complexity index is 5030. The second-order valence-electron chi connectivity index (χ2n) is 21.6. The largest absolute Gasteiger partial charge is 0.310 e. The van der Waals surface area contributed by atoms with Crippen molar-refractivity contribution in [1.29, 1.82) is 0 Å². The summed E-state index contributed by atoms with van der Waals surface area (Å²) in [6.45, 7) is 0. The molecule has 0 unspecified atom stereocenters. The van der Waals surface area contributed by atoms with E-state index in [2.05, 4.69) is 333 Å².